The highest BCUT2D eigenvalue weighted by molar-refractivity contribution is 5.99. The van der Waals surface area contributed by atoms with Crippen molar-refractivity contribution in [3.63, 3.8) is 0 Å². The van der Waals surface area contributed by atoms with Gasteiger partial charge in [0, 0.05) is 13.2 Å². The van der Waals surface area contributed by atoms with Gasteiger partial charge >= 0.3 is 0 Å². The zero-order valence-corrected chi connectivity index (χ0v) is 14.8. The first kappa shape index (κ1) is 17.3. The number of hydrogen-bond acceptors (Lipinski definition) is 5. The Kier molecular flexibility index (Phi) is 4.41. The lowest BCUT2D eigenvalue weighted by Crippen LogP contribution is -2.31. The summed E-state index contributed by atoms with van der Waals surface area (Å²) >= 11 is 0. The van der Waals surface area contributed by atoms with E-state index in [1.54, 1.807) is 36.3 Å². The molecule has 2 aromatic carbocycles. The van der Waals surface area contributed by atoms with E-state index in [0.29, 0.717) is 35.2 Å². The van der Waals surface area contributed by atoms with Gasteiger partial charge in [-0.2, -0.15) is 0 Å². The number of aliphatic hydroxyl groups is 1. The van der Waals surface area contributed by atoms with E-state index >= 15 is 0 Å². The molecule has 0 fully saturated rings. The Morgan fingerprint density at radius 1 is 1.15 bits per heavy atom. The lowest BCUT2D eigenvalue weighted by atomic mass is 9.98. The standard InChI is InChI=1S/C21H19NO5/c1-26-14-7-4-6-13(12-14)18-17-19(24)15-8-2-3-9-16(15)27-20(17)21(25)22(18)10-5-11-23/h2-4,6-9,12,18,23H,5,10-11H2,1H3/t18-/m1/s1. The Morgan fingerprint density at radius 2 is 1.96 bits per heavy atom. The molecular formula is C21H19NO5. The molecule has 2 heterocycles. The third-order valence-electron chi connectivity index (χ3n) is 4.84. The zero-order valence-electron chi connectivity index (χ0n) is 14.8. The van der Waals surface area contributed by atoms with Crippen molar-refractivity contribution in [3.8, 4) is 5.75 Å². The van der Waals surface area contributed by atoms with Crippen LogP contribution in [0.25, 0.3) is 11.0 Å². The summed E-state index contributed by atoms with van der Waals surface area (Å²) in [5.74, 6) is 0.374. The summed E-state index contributed by atoms with van der Waals surface area (Å²) in [4.78, 5) is 27.8. The maximum absolute atomic E-state index is 13.2. The van der Waals surface area contributed by atoms with E-state index in [1.165, 1.54) is 0 Å². The van der Waals surface area contributed by atoms with E-state index in [2.05, 4.69) is 0 Å². The lowest BCUT2D eigenvalue weighted by Gasteiger charge is -2.25. The van der Waals surface area contributed by atoms with Gasteiger partial charge in [-0.15, -0.1) is 0 Å². The van der Waals surface area contributed by atoms with E-state index in [0.717, 1.165) is 5.56 Å². The number of carbonyl (C=O) groups excluding carboxylic acids is 1. The topological polar surface area (TPSA) is 80.0 Å². The molecule has 0 unspecified atom stereocenters. The number of amides is 1. The Bertz CT molecular complexity index is 1070. The number of carbonyl (C=O) groups is 1. The average Bonchev–Trinajstić information content (AvgIpc) is 2.99. The van der Waals surface area contributed by atoms with E-state index in [-0.39, 0.29) is 23.7 Å². The van der Waals surface area contributed by atoms with E-state index in [4.69, 9.17) is 9.15 Å². The van der Waals surface area contributed by atoms with Crippen molar-refractivity contribution in [1.82, 2.24) is 4.90 Å². The highest BCUT2D eigenvalue weighted by atomic mass is 16.5. The number of para-hydroxylation sites is 1. The van der Waals surface area contributed by atoms with Crippen molar-refractivity contribution in [2.24, 2.45) is 0 Å². The number of nitrogens with zero attached hydrogens (tertiary/aromatic N) is 1. The lowest BCUT2D eigenvalue weighted by molar-refractivity contribution is 0.0716. The number of methoxy groups -OCH3 is 1. The molecule has 6 nitrogen and oxygen atoms in total. The molecule has 0 radical (unpaired) electrons. The molecule has 1 aliphatic heterocycles. The van der Waals surface area contributed by atoms with Crippen molar-refractivity contribution in [3.05, 3.63) is 75.6 Å². The number of rotatable bonds is 5. The van der Waals surface area contributed by atoms with Gasteiger partial charge in [0.15, 0.2) is 5.43 Å². The quantitative estimate of drug-likeness (QED) is 0.752. The van der Waals surface area contributed by atoms with Crippen molar-refractivity contribution in [2.45, 2.75) is 12.5 Å². The zero-order chi connectivity index (χ0) is 19.0. The Morgan fingerprint density at radius 3 is 2.74 bits per heavy atom. The van der Waals surface area contributed by atoms with Crippen molar-refractivity contribution in [2.75, 3.05) is 20.3 Å². The molecule has 6 heteroatoms. The Balaban J connectivity index is 1.96. The second-order valence-corrected chi connectivity index (χ2v) is 6.43. The highest BCUT2D eigenvalue weighted by Crippen LogP contribution is 2.38. The van der Waals surface area contributed by atoms with Crippen LogP contribution < -0.4 is 10.2 Å². The van der Waals surface area contributed by atoms with Crippen LogP contribution in [0.15, 0.2) is 57.7 Å². The molecule has 1 atom stereocenters. The molecule has 0 spiro atoms. The largest absolute Gasteiger partial charge is 0.497 e. The first-order chi connectivity index (χ1) is 13.2. The van der Waals surface area contributed by atoms with Crippen LogP contribution in [0.1, 0.15) is 34.1 Å². The monoisotopic (exact) mass is 365 g/mol. The van der Waals surface area contributed by atoms with Gasteiger partial charge < -0.3 is 19.2 Å². The fraction of sp³-hybridized carbons (Fsp3) is 0.238. The number of benzene rings is 2. The van der Waals surface area contributed by atoms with Gasteiger partial charge in [-0.25, -0.2) is 0 Å². The summed E-state index contributed by atoms with van der Waals surface area (Å²) in [5, 5.41) is 9.68. The molecule has 138 valence electrons. The van der Waals surface area contributed by atoms with Crippen LogP contribution in [0.4, 0.5) is 0 Å². The molecule has 1 N–H and O–H groups in total. The predicted octanol–water partition coefficient (Wildman–Crippen LogP) is 2.73. The van der Waals surface area contributed by atoms with Crippen molar-refractivity contribution < 1.29 is 19.1 Å². The van der Waals surface area contributed by atoms with E-state index in [9.17, 15) is 14.7 Å². The summed E-state index contributed by atoms with van der Waals surface area (Å²) in [7, 11) is 1.57. The fourth-order valence-electron chi connectivity index (χ4n) is 3.60. The normalized spacial score (nSPS) is 16.0. The minimum atomic E-state index is -0.574. The fourth-order valence-corrected chi connectivity index (χ4v) is 3.60. The Hall–Kier alpha value is -3.12. The molecule has 1 aliphatic rings. The van der Waals surface area contributed by atoms with Gasteiger partial charge in [-0.3, -0.25) is 9.59 Å². The summed E-state index contributed by atoms with van der Waals surface area (Å²) < 4.78 is 11.1. The minimum Gasteiger partial charge on any atom is -0.497 e. The van der Waals surface area contributed by atoms with Gasteiger partial charge in [0.2, 0.25) is 5.76 Å². The second-order valence-electron chi connectivity index (χ2n) is 6.43. The van der Waals surface area contributed by atoms with Gasteiger partial charge in [-0.05, 0) is 36.2 Å². The van der Waals surface area contributed by atoms with Crippen LogP contribution in [0.5, 0.6) is 5.75 Å². The molecule has 27 heavy (non-hydrogen) atoms. The van der Waals surface area contributed by atoms with Crippen LogP contribution in [0.3, 0.4) is 0 Å². The number of ether oxygens (including phenoxy) is 1. The van der Waals surface area contributed by atoms with Crippen LogP contribution >= 0.6 is 0 Å². The molecule has 0 saturated carbocycles. The maximum Gasteiger partial charge on any atom is 0.290 e. The van der Waals surface area contributed by atoms with Crippen LogP contribution in [-0.4, -0.2) is 36.2 Å². The first-order valence-corrected chi connectivity index (χ1v) is 8.77. The summed E-state index contributed by atoms with van der Waals surface area (Å²) in [6, 6.07) is 13.6. The summed E-state index contributed by atoms with van der Waals surface area (Å²) in [6.45, 7) is 0.269. The number of fused-ring (bicyclic) bond motifs is 2. The second kappa shape index (κ2) is 6.89. The molecule has 0 saturated heterocycles. The van der Waals surface area contributed by atoms with Crippen LogP contribution in [0.2, 0.25) is 0 Å². The SMILES string of the molecule is COc1cccc([C@@H]2c3c(oc4ccccc4c3=O)C(=O)N2CCCO)c1. The molecule has 1 aromatic heterocycles. The molecule has 0 aliphatic carbocycles. The molecule has 1 amide bonds. The smallest absolute Gasteiger partial charge is 0.290 e. The van der Waals surface area contributed by atoms with E-state index < -0.39 is 6.04 Å². The molecule has 3 aromatic rings. The maximum atomic E-state index is 13.2. The van der Waals surface area contributed by atoms with E-state index in [1.807, 2.05) is 24.3 Å². The van der Waals surface area contributed by atoms with Gasteiger partial charge in [-0.1, -0.05) is 24.3 Å². The molecule has 4 rings (SSSR count). The van der Waals surface area contributed by atoms with Gasteiger partial charge in [0.1, 0.15) is 11.3 Å². The molecule has 0 bridgehead atoms. The van der Waals surface area contributed by atoms with Crippen molar-refractivity contribution >= 4 is 16.9 Å². The highest BCUT2D eigenvalue weighted by Gasteiger charge is 2.42. The first-order valence-electron chi connectivity index (χ1n) is 8.77. The van der Waals surface area contributed by atoms with Gasteiger partial charge in [0.25, 0.3) is 5.91 Å². The van der Waals surface area contributed by atoms with Crippen molar-refractivity contribution in [1.29, 1.82) is 0 Å². The minimum absolute atomic E-state index is 0.0473. The third kappa shape index (κ3) is 2.78. The average molecular weight is 365 g/mol. The molecular weight excluding hydrogens is 346 g/mol. The Labute approximate surface area is 155 Å². The number of hydrogen-bond donors (Lipinski definition) is 1. The van der Waals surface area contributed by atoms with Gasteiger partial charge in [0.05, 0.1) is 24.1 Å². The third-order valence-corrected chi connectivity index (χ3v) is 4.84. The summed E-state index contributed by atoms with van der Waals surface area (Å²) in [5.41, 5.74) is 1.29. The predicted molar refractivity (Wildman–Crippen MR) is 100 cm³/mol. The summed E-state index contributed by atoms with van der Waals surface area (Å²) in [6.07, 6.45) is 0.411. The number of aliphatic hydroxyl groups excluding tert-OH is 1. The van der Waals surface area contributed by atoms with Crippen LogP contribution in [0, 0.1) is 0 Å². The van der Waals surface area contributed by atoms with Crippen LogP contribution in [-0.2, 0) is 0 Å².